The van der Waals surface area contributed by atoms with Gasteiger partial charge in [-0.2, -0.15) is 0 Å². The number of anilines is 1. The standard InChI is InChI=1S/C22H26N4O2/c1-14-9-19-20(26(3)22(28)25(19)2)12-18(14)24-21(27)17-6-4-5-15(11-17)10-16-7-8-23-13-16/h4-6,9,11-12,16,23H,7-8,10,13H2,1-3H3,(H,24,27). The molecule has 1 fully saturated rings. The predicted octanol–water partition coefficient (Wildman–Crippen LogP) is 2.59. The molecule has 1 aliphatic rings. The van der Waals surface area contributed by atoms with Crippen molar-refractivity contribution in [3.05, 3.63) is 63.6 Å². The number of carbonyl (C=O) groups is 1. The third-order valence-electron chi connectivity index (χ3n) is 5.74. The summed E-state index contributed by atoms with van der Waals surface area (Å²) < 4.78 is 3.22. The molecule has 0 saturated carbocycles. The van der Waals surface area contributed by atoms with Gasteiger partial charge in [-0.3, -0.25) is 13.9 Å². The summed E-state index contributed by atoms with van der Waals surface area (Å²) in [6.07, 6.45) is 2.18. The van der Waals surface area contributed by atoms with Crippen LogP contribution in [0, 0.1) is 12.8 Å². The lowest BCUT2D eigenvalue weighted by atomic mass is 9.97. The highest BCUT2D eigenvalue weighted by Crippen LogP contribution is 2.23. The number of imidazole rings is 1. The number of carbonyl (C=O) groups excluding carboxylic acids is 1. The minimum atomic E-state index is -0.130. The number of nitrogens with one attached hydrogen (secondary N) is 2. The van der Waals surface area contributed by atoms with Gasteiger partial charge in [-0.1, -0.05) is 12.1 Å². The Bertz CT molecular complexity index is 1100. The predicted molar refractivity (Wildman–Crippen MR) is 112 cm³/mol. The molecule has 1 atom stereocenters. The lowest BCUT2D eigenvalue weighted by molar-refractivity contribution is 0.102. The van der Waals surface area contributed by atoms with Crippen molar-refractivity contribution < 1.29 is 4.79 Å². The van der Waals surface area contributed by atoms with Gasteiger partial charge in [0, 0.05) is 25.3 Å². The van der Waals surface area contributed by atoms with E-state index in [1.165, 1.54) is 12.0 Å². The molecule has 3 aromatic rings. The lowest BCUT2D eigenvalue weighted by Gasteiger charge is -2.12. The van der Waals surface area contributed by atoms with Crippen LogP contribution in [0.2, 0.25) is 0 Å². The van der Waals surface area contributed by atoms with Crippen molar-refractivity contribution in [1.29, 1.82) is 0 Å². The topological polar surface area (TPSA) is 68.1 Å². The Hall–Kier alpha value is -2.86. The van der Waals surface area contributed by atoms with Gasteiger partial charge in [0.2, 0.25) is 0 Å². The van der Waals surface area contributed by atoms with Gasteiger partial charge < -0.3 is 10.6 Å². The van der Waals surface area contributed by atoms with Gasteiger partial charge in [0.1, 0.15) is 0 Å². The molecule has 0 bridgehead atoms. The van der Waals surface area contributed by atoms with E-state index >= 15 is 0 Å². The molecular formula is C22H26N4O2. The Kier molecular flexibility index (Phi) is 4.81. The van der Waals surface area contributed by atoms with E-state index in [-0.39, 0.29) is 11.6 Å². The van der Waals surface area contributed by atoms with Crippen molar-refractivity contribution in [3.8, 4) is 0 Å². The van der Waals surface area contributed by atoms with E-state index in [4.69, 9.17) is 0 Å². The first kappa shape index (κ1) is 18.5. The molecular weight excluding hydrogens is 352 g/mol. The number of hydrogen-bond donors (Lipinski definition) is 2. The highest BCUT2D eigenvalue weighted by atomic mass is 16.2. The molecule has 6 nitrogen and oxygen atoms in total. The average molecular weight is 378 g/mol. The molecule has 2 aromatic carbocycles. The fourth-order valence-corrected chi connectivity index (χ4v) is 4.04. The van der Waals surface area contributed by atoms with Gasteiger partial charge in [-0.25, -0.2) is 4.79 Å². The molecule has 1 unspecified atom stereocenters. The van der Waals surface area contributed by atoms with Gasteiger partial charge in [-0.05, 0) is 74.2 Å². The van der Waals surface area contributed by atoms with E-state index in [2.05, 4.69) is 16.7 Å². The molecule has 146 valence electrons. The first-order valence-electron chi connectivity index (χ1n) is 9.71. The van der Waals surface area contributed by atoms with E-state index in [0.717, 1.165) is 41.8 Å². The van der Waals surface area contributed by atoms with Crippen LogP contribution in [-0.2, 0) is 20.5 Å². The van der Waals surface area contributed by atoms with Crippen LogP contribution in [0.4, 0.5) is 5.69 Å². The molecule has 2 N–H and O–H groups in total. The Morgan fingerprint density at radius 3 is 2.64 bits per heavy atom. The van der Waals surface area contributed by atoms with Crippen molar-refractivity contribution in [2.24, 2.45) is 20.0 Å². The third-order valence-corrected chi connectivity index (χ3v) is 5.74. The zero-order valence-corrected chi connectivity index (χ0v) is 16.6. The van der Waals surface area contributed by atoms with Gasteiger partial charge in [0.15, 0.2) is 0 Å². The van der Waals surface area contributed by atoms with Crippen LogP contribution in [0.3, 0.4) is 0 Å². The van der Waals surface area contributed by atoms with Crippen molar-refractivity contribution >= 4 is 22.6 Å². The summed E-state index contributed by atoms with van der Waals surface area (Å²) >= 11 is 0. The SMILES string of the molecule is Cc1cc2c(cc1NC(=O)c1cccc(CC3CCNC3)c1)n(C)c(=O)n2C. The molecule has 4 rings (SSSR count). The van der Waals surface area contributed by atoms with Crippen LogP contribution >= 0.6 is 0 Å². The zero-order chi connectivity index (χ0) is 19.8. The third kappa shape index (κ3) is 3.36. The summed E-state index contributed by atoms with van der Waals surface area (Å²) in [5, 5.41) is 6.41. The molecule has 2 heterocycles. The quantitative estimate of drug-likeness (QED) is 0.733. The molecule has 28 heavy (non-hydrogen) atoms. The second kappa shape index (κ2) is 7.28. The molecule has 1 aromatic heterocycles. The molecule has 6 heteroatoms. The maximum atomic E-state index is 12.9. The molecule has 1 saturated heterocycles. The second-order valence-electron chi connectivity index (χ2n) is 7.77. The number of amides is 1. The Balaban J connectivity index is 1.59. The van der Waals surface area contributed by atoms with Crippen LogP contribution in [-0.4, -0.2) is 28.1 Å². The highest BCUT2D eigenvalue weighted by molar-refractivity contribution is 6.05. The number of aromatic nitrogens is 2. The maximum Gasteiger partial charge on any atom is 0.328 e. The van der Waals surface area contributed by atoms with Crippen molar-refractivity contribution in [2.75, 3.05) is 18.4 Å². The average Bonchev–Trinajstić information content (AvgIpc) is 3.26. The molecule has 0 aliphatic carbocycles. The summed E-state index contributed by atoms with van der Waals surface area (Å²) in [5.41, 5.74) is 5.08. The number of fused-ring (bicyclic) bond motifs is 1. The number of benzene rings is 2. The van der Waals surface area contributed by atoms with Gasteiger partial charge in [-0.15, -0.1) is 0 Å². The first-order chi connectivity index (χ1) is 13.4. The van der Waals surface area contributed by atoms with E-state index in [1.807, 2.05) is 37.3 Å². The fourth-order valence-electron chi connectivity index (χ4n) is 4.04. The molecule has 1 aliphatic heterocycles. The highest BCUT2D eigenvalue weighted by Gasteiger charge is 2.16. The molecule has 1 amide bonds. The van der Waals surface area contributed by atoms with E-state index in [9.17, 15) is 9.59 Å². The second-order valence-corrected chi connectivity index (χ2v) is 7.77. The largest absolute Gasteiger partial charge is 0.328 e. The number of hydrogen-bond acceptors (Lipinski definition) is 3. The summed E-state index contributed by atoms with van der Waals surface area (Å²) in [7, 11) is 3.50. The summed E-state index contributed by atoms with van der Waals surface area (Å²) in [4.78, 5) is 25.0. The van der Waals surface area contributed by atoms with E-state index < -0.39 is 0 Å². The van der Waals surface area contributed by atoms with Crippen molar-refractivity contribution in [3.63, 3.8) is 0 Å². The van der Waals surface area contributed by atoms with Gasteiger partial charge in [0.25, 0.3) is 5.91 Å². The van der Waals surface area contributed by atoms with Crippen LogP contribution in [0.5, 0.6) is 0 Å². The normalized spacial score (nSPS) is 16.6. The molecule has 0 radical (unpaired) electrons. The van der Waals surface area contributed by atoms with Gasteiger partial charge >= 0.3 is 5.69 Å². The fraction of sp³-hybridized carbons (Fsp3) is 0.364. The lowest BCUT2D eigenvalue weighted by Crippen LogP contribution is -2.19. The Morgan fingerprint density at radius 1 is 1.18 bits per heavy atom. The van der Waals surface area contributed by atoms with Crippen LogP contribution in [0.25, 0.3) is 11.0 Å². The Labute approximate surface area is 164 Å². The molecule has 0 spiro atoms. The van der Waals surface area contributed by atoms with Crippen LogP contribution in [0.15, 0.2) is 41.2 Å². The number of rotatable bonds is 4. The Morgan fingerprint density at radius 2 is 1.93 bits per heavy atom. The maximum absolute atomic E-state index is 12.9. The smallest absolute Gasteiger partial charge is 0.322 e. The van der Waals surface area contributed by atoms with Crippen LogP contribution in [0.1, 0.15) is 27.9 Å². The first-order valence-corrected chi connectivity index (χ1v) is 9.71. The summed E-state index contributed by atoms with van der Waals surface area (Å²) in [6.45, 7) is 4.07. The number of aryl methyl sites for hydroxylation is 3. The van der Waals surface area contributed by atoms with Crippen LogP contribution < -0.4 is 16.3 Å². The van der Waals surface area contributed by atoms with Gasteiger partial charge in [0.05, 0.1) is 11.0 Å². The summed E-state index contributed by atoms with van der Waals surface area (Å²) in [5.74, 6) is 0.511. The number of nitrogens with zero attached hydrogens (tertiary/aromatic N) is 2. The minimum Gasteiger partial charge on any atom is -0.322 e. The van der Waals surface area contributed by atoms with Crippen molar-refractivity contribution in [2.45, 2.75) is 19.8 Å². The zero-order valence-electron chi connectivity index (χ0n) is 16.6. The minimum absolute atomic E-state index is 0.0769. The van der Waals surface area contributed by atoms with E-state index in [0.29, 0.717) is 11.5 Å². The monoisotopic (exact) mass is 378 g/mol. The summed E-state index contributed by atoms with van der Waals surface area (Å²) in [6, 6.07) is 11.7. The van der Waals surface area contributed by atoms with Crippen molar-refractivity contribution in [1.82, 2.24) is 14.5 Å². The van der Waals surface area contributed by atoms with E-state index in [1.54, 1.807) is 23.2 Å².